The minimum absolute atomic E-state index is 0.125. The van der Waals surface area contributed by atoms with Gasteiger partial charge in [0.1, 0.15) is 0 Å². The van der Waals surface area contributed by atoms with Crippen LogP contribution in [0, 0.1) is 0 Å². The van der Waals surface area contributed by atoms with E-state index < -0.39 is 0 Å². The lowest BCUT2D eigenvalue weighted by atomic mass is 10.2. The van der Waals surface area contributed by atoms with Crippen molar-refractivity contribution in [1.82, 2.24) is 19.9 Å². The van der Waals surface area contributed by atoms with Crippen molar-refractivity contribution in [3.63, 3.8) is 0 Å². The highest BCUT2D eigenvalue weighted by atomic mass is 79.9. The van der Waals surface area contributed by atoms with Gasteiger partial charge in [-0.15, -0.1) is 5.10 Å². The molecule has 0 saturated carbocycles. The van der Waals surface area contributed by atoms with Gasteiger partial charge in [-0.3, -0.25) is 9.59 Å². The Morgan fingerprint density at radius 1 is 1.37 bits per heavy atom. The first-order valence-electron chi connectivity index (χ1n) is 8.59. The molecule has 0 unspecified atom stereocenters. The predicted octanol–water partition coefficient (Wildman–Crippen LogP) is 2.62. The molecular formula is C18H20BrN5O2S. The first kappa shape index (κ1) is 19.5. The van der Waals surface area contributed by atoms with Crippen LogP contribution >= 0.6 is 27.3 Å². The SMILES string of the molecule is CCCc1cc(=O)n2nc(N(C)CC(=O)NCc3ccccc3Br)sc2n1. The molecule has 0 aliphatic carbocycles. The summed E-state index contributed by atoms with van der Waals surface area (Å²) in [5.74, 6) is -0.125. The molecule has 7 nitrogen and oxygen atoms in total. The van der Waals surface area contributed by atoms with Crippen LogP contribution in [-0.2, 0) is 17.8 Å². The highest BCUT2D eigenvalue weighted by molar-refractivity contribution is 9.10. The minimum Gasteiger partial charge on any atom is -0.350 e. The summed E-state index contributed by atoms with van der Waals surface area (Å²) < 4.78 is 2.24. The van der Waals surface area contributed by atoms with Crippen LogP contribution in [0.25, 0.3) is 4.96 Å². The van der Waals surface area contributed by atoms with Crippen LogP contribution in [0.1, 0.15) is 24.6 Å². The van der Waals surface area contributed by atoms with Gasteiger partial charge in [-0.05, 0) is 18.1 Å². The van der Waals surface area contributed by atoms with Gasteiger partial charge in [0.15, 0.2) is 0 Å². The van der Waals surface area contributed by atoms with E-state index in [9.17, 15) is 9.59 Å². The number of aromatic nitrogens is 3. The number of hydrogen-bond donors (Lipinski definition) is 1. The van der Waals surface area contributed by atoms with Crippen molar-refractivity contribution in [2.24, 2.45) is 0 Å². The van der Waals surface area contributed by atoms with Crippen molar-refractivity contribution in [2.75, 3.05) is 18.5 Å². The van der Waals surface area contributed by atoms with E-state index in [1.807, 2.05) is 31.2 Å². The maximum atomic E-state index is 12.3. The van der Waals surface area contributed by atoms with Crippen molar-refractivity contribution in [2.45, 2.75) is 26.3 Å². The number of benzene rings is 1. The van der Waals surface area contributed by atoms with Crippen molar-refractivity contribution in [1.29, 1.82) is 0 Å². The summed E-state index contributed by atoms with van der Waals surface area (Å²) in [6, 6.07) is 9.26. The van der Waals surface area contributed by atoms with E-state index in [2.05, 4.69) is 31.3 Å². The zero-order valence-electron chi connectivity index (χ0n) is 15.1. The summed E-state index contributed by atoms with van der Waals surface area (Å²) in [5.41, 5.74) is 1.58. The smallest absolute Gasteiger partial charge is 0.275 e. The van der Waals surface area contributed by atoms with Crippen molar-refractivity contribution < 1.29 is 4.79 Å². The number of amides is 1. The van der Waals surface area contributed by atoms with E-state index in [0.717, 1.165) is 28.6 Å². The van der Waals surface area contributed by atoms with E-state index >= 15 is 0 Å². The van der Waals surface area contributed by atoms with Gasteiger partial charge in [0.05, 0.1) is 6.54 Å². The second-order valence-electron chi connectivity index (χ2n) is 6.14. The largest absolute Gasteiger partial charge is 0.350 e. The summed E-state index contributed by atoms with van der Waals surface area (Å²) in [7, 11) is 1.77. The number of carbonyl (C=O) groups excluding carboxylic acids is 1. The van der Waals surface area contributed by atoms with Crippen LogP contribution in [0.15, 0.2) is 39.6 Å². The molecule has 0 aliphatic rings. The van der Waals surface area contributed by atoms with Gasteiger partial charge in [0.2, 0.25) is 16.0 Å². The molecular weight excluding hydrogens is 430 g/mol. The lowest BCUT2D eigenvalue weighted by Gasteiger charge is -2.14. The molecule has 1 amide bonds. The summed E-state index contributed by atoms with van der Waals surface area (Å²) in [4.78, 5) is 31.2. The molecule has 0 atom stereocenters. The third kappa shape index (κ3) is 4.72. The molecule has 9 heteroatoms. The molecule has 27 heavy (non-hydrogen) atoms. The fourth-order valence-corrected chi connectivity index (χ4v) is 3.87. The number of aryl methyl sites for hydroxylation is 1. The number of nitrogens with one attached hydrogen (secondary N) is 1. The standard InChI is InChI=1S/C18H20BrN5O2S/c1-3-6-13-9-16(26)24-17(21-13)27-18(22-24)23(2)11-15(25)20-10-12-7-4-5-8-14(12)19/h4-5,7-9H,3,6,10-11H2,1-2H3,(H,20,25). The first-order valence-corrected chi connectivity index (χ1v) is 10.2. The second-order valence-corrected chi connectivity index (χ2v) is 7.93. The average molecular weight is 450 g/mol. The topological polar surface area (TPSA) is 79.6 Å². The van der Waals surface area contributed by atoms with Crippen LogP contribution in [0.2, 0.25) is 0 Å². The quantitative estimate of drug-likeness (QED) is 0.599. The molecule has 0 aliphatic heterocycles. The second kappa shape index (κ2) is 8.62. The fourth-order valence-electron chi connectivity index (χ4n) is 2.56. The summed E-state index contributed by atoms with van der Waals surface area (Å²) in [6.07, 6.45) is 1.68. The van der Waals surface area contributed by atoms with Crippen LogP contribution in [0.5, 0.6) is 0 Å². The van der Waals surface area contributed by atoms with Crippen molar-refractivity contribution in [3.8, 4) is 0 Å². The number of halogens is 1. The minimum atomic E-state index is -0.197. The van der Waals surface area contributed by atoms with Crippen LogP contribution in [0.3, 0.4) is 0 Å². The Bertz CT molecular complexity index is 1020. The lowest BCUT2D eigenvalue weighted by Crippen LogP contribution is -2.35. The molecule has 0 bridgehead atoms. The van der Waals surface area contributed by atoms with Gasteiger partial charge in [-0.2, -0.15) is 4.52 Å². The number of nitrogens with zero attached hydrogens (tertiary/aromatic N) is 4. The van der Waals surface area contributed by atoms with E-state index in [0.29, 0.717) is 16.6 Å². The fraction of sp³-hybridized carbons (Fsp3) is 0.333. The number of anilines is 1. The van der Waals surface area contributed by atoms with Crippen molar-refractivity contribution in [3.05, 3.63) is 56.4 Å². The van der Waals surface area contributed by atoms with Gasteiger partial charge in [0, 0.05) is 29.8 Å². The third-order valence-electron chi connectivity index (χ3n) is 3.93. The maximum Gasteiger partial charge on any atom is 0.275 e. The van der Waals surface area contributed by atoms with E-state index in [-0.39, 0.29) is 18.0 Å². The molecule has 3 rings (SSSR count). The Kier molecular flexibility index (Phi) is 6.22. The van der Waals surface area contributed by atoms with Crippen LogP contribution in [0.4, 0.5) is 5.13 Å². The maximum absolute atomic E-state index is 12.3. The lowest BCUT2D eigenvalue weighted by molar-refractivity contribution is -0.119. The Morgan fingerprint density at radius 2 is 2.15 bits per heavy atom. The first-order chi connectivity index (χ1) is 13.0. The summed E-state index contributed by atoms with van der Waals surface area (Å²) in [6.45, 7) is 2.62. The van der Waals surface area contributed by atoms with Crippen LogP contribution < -0.4 is 15.8 Å². The molecule has 0 saturated heterocycles. The van der Waals surface area contributed by atoms with Crippen LogP contribution in [-0.4, -0.2) is 34.1 Å². The third-order valence-corrected chi connectivity index (χ3v) is 5.73. The van der Waals surface area contributed by atoms with Gasteiger partial charge < -0.3 is 10.2 Å². The molecule has 2 heterocycles. The molecule has 0 fully saturated rings. The monoisotopic (exact) mass is 449 g/mol. The zero-order chi connectivity index (χ0) is 19.4. The van der Waals surface area contributed by atoms with Gasteiger partial charge in [-0.1, -0.05) is 58.8 Å². The van der Waals surface area contributed by atoms with Crippen molar-refractivity contribution >= 4 is 43.3 Å². The molecule has 3 aromatic rings. The molecule has 2 aromatic heterocycles. The Hall–Kier alpha value is -2.26. The van der Waals surface area contributed by atoms with Gasteiger partial charge in [-0.25, -0.2) is 4.98 Å². The molecule has 142 valence electrons. The highest BCUT2D eigenvalue weighted by Crippen LogP contribution is 2.20. The Balaban J connectivity index is 1.67. The number of rotatable bonds is 7. The number of likely N-dealkylation sites (N-methyl/N-ethyl adjacent to an activating group) is 1. The van der Waals surface area contributed by atoms with E-state index in [4.69, 9.17) is 0 Å². The Morgan fingerprint density at radius 3 is 2.89 bits per heavy atom. The van der Waals surface area contributed by atoms with Gasteiger partial charge in [0.25, 0.3) is 5.56 Å². The molecule has 1 aromatic carbocycles. The number of hydrogen-bond acceptors (Lipinski definition) is 6. The van der Waals surface area contributed by atoms with E-state index in [1.165, 1.54) is 21.9 Å². The average Bonchev–Trinajstić information content (AvgIpc) is 3.06. The normalized spacial score (nSPS) is 10.9. The molecule has 1 N–H and O–H groups in total. The predicted molar refractivity (Wildman–Crippen MR) is 110 cm³/mol. The Labute approximate surface area is 169 Å². The molecule has 0 radical (unpaired) electrons. The summed E-state index contributed by atoms with van der Waals surface area (Å²) >= 11 is 4.77. The molecule has 0 spiro atoms. The number of carbonyl (C=O) groups is 1. The summed E-state index contributed by atoms with van der Waals surface area (Å²) in [5, 5.41) is 7.76. The van der Waals surface area contributed by atoms with E-state index in [1.54, 1.807) is 11.9 Å². The highest BCUT2D eigenvalue weighted by Gasteiger charge is 2.14. The number of fused-ring (bicyclic) bond motifs is 1. The van der Waals surface area contributed by atoms with Gasteiger partial charge >= 0.3 is 0 Å². The zero-order valence-corrected chi connectivity index (χ0v) is 17.5.